The molecule has 6 unspecified atom stereocenters. The lowest BCUT2D eigenvalue weighted by Gasteiger charge is -2.53. The molecule has 1 heterocycles. The number of nitrogens with zero attached hydrogens (tertiary/aromatic N) is 2. The Kier molecular flexibility index (Phi) is 13.1. The highest BCUT2D eigenvalue weighted by Crippen LogP contribution is 2.69. The van der Waals surface area contributed by atoms with Crippen LogP contribution in [-0.2, 0) is 0 Å². The van der Waals surface area contributed by atoms with E-state index in [2.05, 4.69) is 208 Å². The Balaban J connectivity index is 1.21. The Labute approximate surface area is 388 Å². The second-order valence-electron chi connectivity index (χ2n) is 20.5. The maximum Gasteiger partial charge on any atom is 0.0379 e. The normalized spacial score (nSPS) is 28.7. The summed E-state index contributed by atoms with van der Waals surface area (Å²) in [6.07, 6.45) is 16.0. The molecule has 64 heavy (non-hydrogen) atoms. The number of rotatable bonds is 8. The lowest BCUT2D eigenvalue weighted by atomic mass is 9.72. The SMILES string of the molecule is CN(C)[C@H](c1ccccc1)C1CCCC12C1CCCCC3(CCC1)CC(P(c1ccccc1)c1ccccc1)[C@H](C3)[C@H](N(C)C)c1cccc(c1)-c1ccccc1P2c1ccccc1. The molecule has 9 atom stereocenters. The Morgan fingerprint density at radius 1 is 0.578 bits per heavy atom. The summed E-state index contributed by atoms with van der Waals surface area (Å²) in [5, 5.41) is 6.41. The smallest absolute Gasteiger partial charge is 0.0379 e. The quantitative estimate of drug-likeness (QED) is 0.141. The number of hydrogen-bond acceptors (Lipinski definition) is 2. The zero-order chi connectivity index (χ0) is 43.7. The van der Waals surface area contributed by atoms with Crippen molar-refractivity contribution >= 4 is 37.1 Å². The second kappa shape index (κ2) is 19.1. The summed E-state index contributed by atoms with van der Waals surface area (Å²) >= 11 is 0. The van der Waals surface area contributed by atoms with E-state index in [1.54, 1.807) is 21.2 Å². The van der Waals surface area contributed by atoms with Crippen LogP contribution in [0.25, 0.3) is 11.1 Å². The first-order valence-electron chi connectivity index (χ1n) is 24.7. The summed E-state index contributed by atoms with van der Waals surface area (Å²) in [6.45, 7) is 0. The van der Waals surface area contributed by atoms with Crippen LogP contribution >= 0.6 is 15.8 Å². The summed E-state index contributed by atoms with van der Waals surface area (Å²) in [6, 6.07) is 67.6. The van der Waals surface area contributed by atoms with Gasteiger partial charge >= 0.3 is 0 Å². The first-order valence-corrected chi connectivity index (χ1v) is 27.4. The van der Waals surface area contributed by atoms with Crippen molar-refractivity contribution in [3.8, 4) is 11.1 Å². The summed E-state index contributed by atoms with van der Waals surface area (Å²) in [5.74, 6) is 1.75. The topological polar surface area (TPSA) is 6.48 Å². The summed E-state index contributed by atoms with van der Waals surface area (Å²) < 4.78 is 0. The Morgan fingerprint density at radius 3 is 1.88 bits per heavy atom. The minimum atomic E-state index is -0.762. The average molecular weight is 881 g/mol. The first-order chi connectivity index (χ1) is 31.4. The molecule has 5 bridgehead atoms. The van der Waals surface area contributed by atoms with Crippen LogP contribution in [0.15, 0.2) is 170 Å². The first kappa shape index (κ1) is 44.0. The van der Waals surface area contributed by atoms with Crippen LogP contribution in [0.3, 0.4) is 0 Å². The molecule has 330 valence electrons. The minimum Gasteiger partial charge on any atom is -0.302 e. The molecule has 0 saturated heterocycles. The zero-order valence-electron chi connectivity index (χ0n) is 38.9. The molecular weight excluding hydrogens is 811 g/mol. The van der Waals surface area contributed by atoms with E-state index in [0.29, 0.717) is 40.9 Å². The number of fused-ring (bicyclic) bond motifs is 9. The lowest BCUT2D eigenvalue weighted by molar-refractivity contribution is 0.147. The van der Waals surface area contributed by atoms with Gasteiger partial charge in [-0.25, -0.2) is 0 Å². The van der Waals surface area contributed by atoms with Gasteiger partial charge in [-0.05, 0) is 174 Å². The van der Waals surface area contributed by atoms with Gasteiger partial charge < -0.3 is 9.80 Å². The molecule has 6 aromatic rings. The molecule has 10 rings (SSSR count). The molecule has 3 aliphatic carbocycles. The van der Waals surface area contributed by atoms with Gasteiger partial charge in [0.1, 0.15) is 0 Å². The standard InChI is InChI=1S/C60H70N2P2/c1-61(2)57-47-27-21-26-46(42-47)52-36-17-18-38-55(52)64(51-34-15-8-16-35-51)60(41-23-37-54(60)58(62(3)4)45-24-9-5-10-25-45)48-28-19-20-39-59(40-22-29-48)43-53(57)56(44-59)63(49-30-11-6-12-31-49)50-32-13-7-14-33-50/h5-18,21,24-27,30-36,38,42,48,53-54,56-58H,19-20,22-23,28-29,37,39-41,43-44H2,1-4H3/t48?,53-,54?,56?,57+,58+,59?,60?,64?/m0/s1. The van der Waals surface area contributed by atoms with E-state index in [1.165, 1.54) is 99.3 Å². The van der Waals surface area contributed by atoms with Gasteiger partial charge in [0.15, 0.2) is 0 Å². The molecule has 4 heteroatoms. The molecule has 4 aliphatic rings. The Hall–Kier alpha value is -3.90. The van der Waals surface area contributed by atoms with Gasteiger partial charge in [-0.15, -0.1) is 0 Å². The minimum absolute atomic E-state index is 0.148. The maximum absolute atomic E-state index is 2.65. The molecule has 0 aromatic heterocycles. The third-order valence-corrected chi connectivity index (χ3v) is 22.9. The van der Waals surface area contributed by atoms with Crippen molar-refractivity contribution in [2.45, 2.75) is 99.9 Å². The van der Waals surface area contributed by atoms with Crippen molar-refractivity contribution in [2.24, 2.45) is 23.2 Å². The number of benzene rings is 6. The highest BCUT2D eigenvalue weighted by molar-refractivity contribution is 7.74. The second-order valence-corrected chi connectivity index (χ2v) is 25.5. The monoisotopic (exact) mass is 881 g/mol. The predicted molar refractivity (Wildman–Crippen MR) is 278 cm³/mol. The van der Waals surface area contributed by atoms with Crippen molar-refractivity contribution in [1.29, 1.82) is 0 Å². The van der Waals surface area contributed by atoms with Crippen molar-refractivity contribution in [3.05, 3.63) is 181 Å². The van der Waals surface area contributed by atoms with Crippen LogP contribution in [0, 0.1) is 23.2 Å². The van der Waals surface area contributed by atoms with Crippen LogP contribution in [0.1, 0.15) is 100 Å². The van der Waals surface area contributed by atoms with Gasteiger partial charge in [-0.3, -0.25) is 0 Å². The molecule has 2 spiro atoms. The van der Waals surface area contributed by atoms with Crippen LogP contribution < -0.4 is 21.2 Å². The van der Waals surface area contributed by atoms with Crippen molar-refractivity contribution in [1.82, 2.24) is 9.80 Å². The van der Waals surface area contributed by atoms with Crippen LogP contribution in [-0.4, -0.2) is 48.8 Å². The molecular formula is C60H70N2P2. The molecule has 3 fully saturated rings. The van der Waals surface area contributed by atoms with Gasteiger partial charge in [0, 0.05) is 17.2 Å². The van der Waals surface area contributed by atoms with Gasteiger partial charge in [0.05, 0.1) is 0 Å². The van der Waals surface area contributed by atoms with E-state index < -0.39 is 15.8 Å². The van der Waals surface area contributed by atoms with Crippen LogP contribution in [0.5, 0.6) is 0 Å². The maximum atomic E-state index is 2.65. The molecule has 0 N–H and O–H groups in total. The van der Waals surface area contributed by atoms with Crippen molar-refractivity contribution in [3.63, 3.8) is 0 Å². The lowest BCUT2D eigenvalue weighted by Crippen LogP contribution is -2.49. The zero-order valence-corrected chi connectivity index (χ0v) is 40.7. The molecule has 6 aromatic carbocycles. The fourth-order valence-corrected chi connectivity index (χ4v) is 21.5. The van der Waals surface area contributed by atoms with Crippen LogP contribution in [0.2, 0.25) is 0 Å². The summed E-state index contributed by atoms with van der Waals surface area (Å²) in [5.41, 5.74) is 6.78. The van der Waals surface area contributed by atoms with E-state index >= 15 is 0 Å². The highest BCUT2D eigenvalue weighted by atomic mass is 31.1. The largest absolute Gasteiger partial charge is 0.302 e. The molecule has 0 amide bonds. The molecule has 3 saturated carbocycles. The van der Waals surface area contributed by atoms with Crippen molar-refractivity contribution in [2.75, 3.05) is 28.2 Å². The Morgan fingerprint density at radius 2 is 1.19 bits per heavy atom. The highest BCUT2D eigenvalue weighted by Gasteiger charge is 2.58. The molecule has 0 radical (unpaired) electrons. The summed E-state index contributed by atoms with van der Waals surface area (Å²) in [7, 11) is 8.18. The van der Waals surface area contributed by atoms with Gasteiger partial charge in [0.25, 0.3) is 0 Å². The number of hydrogen-bond donors (Lipinski definition) is 0. The van der Waals surface area contributed by atoms with Crippen LogP contribution in [0.4, 0.5) is 0 Å². The van der Waals surface area contributed by atoms with E-state index in [0.717, 1.165) is 0 Å². The summed E-state index contributed by atoms with van der Waals surface area (Å²) in [4.78, 5) is 5.23. The van der Waals surface area contributed by atoms with Gasteiger partial charge in [-0.2, -0.15) is 0 Å². The fraction of sp³-hybridized carbons (Fsp3) is 0.400. The third-order valence-electron chi connectivity index (χ3n) is 16.6. The average Bonchev–Trinajstić information content (AvgIpc) is 3.93. The van der Waals surface area contributed by atoms with Crippen molar-refractivity contribution < 1.29 is 0 Å². The predicted octanol–water partition coefficient (Wildman–Crippen LogP) is 13.5. The van der Waals surface area contributed by atoms with E-state index in [4.69, 9.17) is 0 Å². The van der Waals surface area contributed by atoms with Gasteiger partial charge in [-0.1, -0.05) is 189 Å². The van der Waals surface area contributed by atoms with Gasteiger partial charge in [0.2, 0.25) is 0 Å². The fourth-order valence-electron chi connectivity index (χ4n) is 14.3. The third kappa shape index (κ3) is 8.30. The Bertz CT molecular complexity index is 2400. The molecule has 2 nitrogen and oxygen atoms in total. The molecule has 1 aliphatic heterocycles. The van der Waals surface area contributed by atoms with E-state index in [1.807, 2.05) is 0 Å². The van der Waals surface area contributed by atoms with E-state index in [9.17, 15) is 0 Å². The van der Waals surface area contributed by atoms with E-state index in [-0.39, 0.29) is 5.16 Å².